The van der Waals surface area contributed by atoms with Crippen LogP contribution in [0.2, 0.25) is 0 Å². The largest absolute Gasteiger partial charge is 0.457 e. The van der Waals surface area contributed by atoms with E-state index >= 15 is 0 Å². The molecule has 1 spiro atoms. The van der Waals surface area contributed by atoms with Crippen molar-refractivity contribution in [3.8, 4) is 45.1 Å². The third kappa shape index (κ3) is 4.04. The summed E-state index contributed by atoms with van der Waals surface area (Å²) < 4.78 is 11.7. The minimum atomic E-state index is -0.551. The molecule has 3 nitrogen and oxygen atoms in total. The van der Waals surface area contributed by atoms with Crippen LogP contribution in [0.1, 0.15) is 47.2 Å². The van der Waals surface area contributed by atoms with E-state index in [1.54, 1.807) is 0 Å². The van der Waals surface area contributed by atoms with Crippen molar-refractivity contribution in [1.29, 1.82) is 0 Å². The minimum Gasteiger partial charge on any atom is -0.457 e. The summed E-state index contributed by atoms with van der Waals surface area (Å²) in [7, 11) is 0. The number of benzene rings is 9. The number of para-hydroxylation sites is 4. The molecule has 0 bridgehead atoms. The van der Waals surface area contributed by atoms with Crippen LogP contribution in [0.4, 0.5) is 0 Å². The molecule has 0 atom stereocenters. The zero-order valence-electron chi connectivity index (χ0n) is 33.8. The van der Waals surface area contributed by atoms with Gasteiger partial charge in [-0.25, -0.2) is 0 Å². The second kappa shape index (κ2) is 11.6. The zero-order valence-corrected chi connectivity index (χ0v) is 33.8. The first-order chi connectivity index (χ1) is 30.0. The Bertz CT molecular complexity index is 3670. The topological polar surface area (TPSA) is 19.1 Å². The van der Waals surface area contributed by atoms with E-state index in [0.29, 0.717) is 0 Å². The fraction of sp³-hybridized carbons (Fsp3) is 0.0690. The quantitative estimate of drug-likeness (QED) is 0.171. The van der Waals surface area contributed by atoms with Gasteiger partial charge < -0.3 is 13.9 Å². The predicted octanol–water partition coefficient (Wildman–Crippen LogP) is 14.7. The molecule has 0 fully saturated rings. The molecule has 0 unspecified atom stereocenters. The highest BCUT2D eigenvalue weighted by Crippen LogP contribution is 2.63. The van der Waals surface area contributed by atoms with Gasteiger partial charge in [-0.05, 0) is 99.6 Å². The van der Waals surface area contributed by atoms with Crippen molar-refractivity contribution >= 4 is 43.6 Å². The molecular formula is C58H38N2O. The normalized spacial score (nSPS) is 14.8. The van der Waals surface area contributed by atoms with Gasteiger partial charge in [-0.15, -0.1) is 0 Å². The van der Waals surface area contributed by atoms with Gasteiger partial charge in [0.15, 0.2) is 0 Å². The van der Waals surface area contributed by atoms with Gasteiger partial charge in [-0.3, -0.25) is 0 Å². The van der Waals surface area contributed by atoms with Crippen molar-refractivity contribution in [2.75, 3.05) is 0 Å². The summed E-state index contributed by atoms with van der Waals surface area (Å²) in [6.07, 6.45) is 0. The van der Waals surface area contributed by atoms with Crippen molar-refractivity contribution in [2.24, 2.45) is 0 Å². The maximum Gasteiger partial charge on any atom is 0.132 e. The molecule has 0 amide bonds. The monoisotopic (exact) mass is 778 g/mol. The lowest BCUT2D eigenvalue weighted by molar-refractivity contribution is 0.436. The molecule has 2 aliphatic carbocycles. The zero-order chi connectivity index (χ0) is 40.2. The van der Waals surface area contributed by atoms with E-state index in [1.807, 2.05) is 0 Å². The number of fused-ring (bicyclic) bond motifs is 19. The first kappa shape index (κ1) is 33.2. The molecule has 286 valence electrons. The molecule has 0 N–H and O–H groups in total. The summed E-state index contributed by atoms with van der Waals surface area (Å²) in [4.78, 5) is 0. The third-order valence-electron chi connectivity index (χ3n) is 14.4. The highest BCUT2D eigenvalue weighted by atomic mass is 16.5. The van der Waals surface area contributed by atoms with Gasteiger partial charge >= 0.3 is 0 Å². The Kier molecular flexibility index (Phi) is 6.30. The van der Waals surface area contributed by atoms with Crippen molar-refractivity contribution < 1.29 is 4.74 Å². The van der Waals surface area contributed by atoms with Crippen LogP contribution in [0, 0.1) is 0 Å². The van der Waals surface area contributed by atoms with Crippen LogP contribution in [0.5, 0.6) is 11.5 Å². The van der Waals surface area contributed by atoms with Crippen LogP contribution < -0.4 is 4.74 Å². The maximum atomic E-state index is 6.68. The molecular weight excluding hydrogens is 741 g/mol. The lowest BCUT2D eigenvalue weighted by Crippen LogP contribution is -2.32. The summed E-state index contributed by atoms with van der Waals surface area (Å²) in [6.45, 7) is 4.75. The van der Waals surface area contributed by atoms with Crippen LogP contribution in [0.25, 0.3) is 77.2 Å². The van der Waals surface area contributed by atoms with E-state index in [-0.39, 0.29) is 5.41 Å². The van der Waals surface area contributed by atoms with Crippen molar-refractivity contribution in [3.05, 3.63) is 228 Å². The molecule has 3 heterocycles. The average Bonchev–Trinajstić information content (AvgIpc) is 3.98. The van der Waals surface area contributed by atoms with Gasteiger partial charge in [-0.2, -0.15) is 0 Å². The van der Waals surface area contributed by atoms with E-state index in [0.717, 1.165) is 22.9 Å². The molecule has 14 rings (SSSR count). The van der Waals surface area contributed by atoms with E-state index in [9.17, 15) is 0 Å². The van der Waals surface area contributed by atoms with Crippen molar-refractivity contribution in [1.82, 2.24) is 9.13 Å². The Hall–Kier alpha value is -7.62. The minimum absolute atomic E-state index is 0.105. The number of aromatic nitrogens is 2. The lowest BCUT2D eigenvalue weighted by atomic mass is 9.66. The molecule has 11 aromatic rings. The van der Waals surface area contributed by atoms with Gasteiger partial charge in [0.25, 0.3) is 0 Å². The van der Waals surface area contributed by atoms with Gasteiger partial charge in [-0.1, -0.05) is 147 Å². The van der Waals surface area contributed by atoms with Crippen LogP contribution in [-0.2, 0) is 10.8 Å². The van der Waals surface area contributed by atoms with E-state index in [4.69, 9.17) is 4.74 Å². The van der Waals surface area contributed by atoms with Gasteiger partial charge in [0.2, 0.25) is 0 Å². The lowest BCUT2D eigenvalue weighted by Gasteiger charge is -2.39. The Balaban J connectivity index is 1.11. The second-order valence-electron chi connectivity index (χ2n) is 17.6. The summed E-state index contributed by atoms with van der Waals surface area (Å²) in [5.41, 5.74) is 19.4. The highest BCUT2D eigenvalue weighted by molar-refractivity contribution is 6.17. The van der Waals surface area contributed by atoms with Crippen molar-refractivity contribution in [3.63, 3.8) is 0 Å². The van der Waals surface area contributed by atoms with E-state index in [2.05, 4.69) is 217 Å². The molecule has 2 aromatic heterocycles. The molecule has 3 aliphatic rings. The predicted molar refractivity (Wildman–Crippen MR) is 250 cm³/mol. The fourth-order valence-corrected chi connectivity index (χ4v) is 11.9. The number of hydrogen-bond donors (Lipinski definition) is 0. The molecule has 3 heteroatoms. The second-order valence-corrected chi connectivity index (χ2v) is 17.6. The summed E-state index contributed by atoms with van der Waals surface area (Å²) in [5.74, 6) is 1.81. The first-order valence-electron chi connectivity index (χ1n) is 21.4. The number of ether oxygens (including phenoxy) is 1. The third-order valence-corrected chi connectivity index (χ3v) is 14.4. The van der Waals surface area contributed by atoms with Gasteiger partial charge in [0.05, 0.1) is 27.5 Å². The number of nitrogens with zero attached hydrogens (tertiary/aromatic N) is 2. The van der Waals surface area contributed by atoms with E-state index in [1.165, 1.54) is 99.2 Å². The highest BCUT2D eigenvalue weighted by Gasteiger charge is 2.52. The molecule has 61 heavy (non-hydrogen) atoms. The molecule has 0 radical (unpaired) electrons. The SMILES string of the molecule is CC1(C)c2ccccc2-c2cc3c4cc(-n5c6ccccc6c6ccc7c(c65)-c5ccccc5C75c6ccccc6Oc6ccccc65)ccc4n(-c4ccccc4)c3cc21. The van der Waals surface area contributed by atoms with Crippen molar-refractivity contribution in [2.45, 2.75) is 24.7 Å². The molecule has 0 saturated carbocycles. The summed E-state index contributed by atoms with van der Waals surface area (Å²) in [6, 6.07) is 72.0. The maximum absolute atomic E-state index is 6.68. The van der Waals surface area contributed by atoms with Crippen LogP contribution >= 0.6 is 0 Å². The van der Waals surface area contributed by atoms with Gasteiger partial charge in [0.1, 0.15) is 11.5 Å². The van der Waals surface area contributed by atoms with Crippen LogP contribution in [0.15, 0.2) is 194 Å². The Morgan fingerprint density at radius 2 is 0.984 bits per heavy atom. The van der Waals surface area contributed by atoms with Crippen LogP contribution in [-0.4, -0.2) is 9.13 Å². The smallest absolute Gasteiger partial charge is 0.132 e. The first-order valence-corrected chi connectivity index (χ1v) is 21.4. The standard InChI is InChI=1S/C58H38N2O/c1-57(2)44-21-9-6-18-37(44)41-33-43-42-32-36(28-31-51(42)59(52(43)34-49(41)57)35-16-4-3-5-17-35)60-50-25-13-8-19-38(50)39-29-30-48-55(56(39)60)40-20-7-10-22-45(40)58(48)46-23-11-14-26-53(46)61-54-27-15-12-24-47(54)58/h3-34H,1-2H3. The fourth-order valence-electron chi connectivity index (χ4n) is 11.9. The average molecular weight is 779 g/mol. The molecule has 0 saturated heterocycles. The number of hydrogen-bond acceptors (Lipinski definition) is 1. The number of rotatable bonds is 2. The Labute approximate surface area is 353 Å². The summed E-state index contributed by atoms with van der Waals surface area (Å²) in [5, 5.41) is 5.00. The van der Waals surface area contributed by atoms with Crippen LogP contribution in [0.3, 0.4) is 0 Å². The van der Waals surface area contributed by atoms with E-state index < -0.39 is 5.41 Å². The molecule has 9 aromatic carbocycles. The Morgan fingerprint density at radius 3 is 1.77 bits per heavy atom. The summed E-state index contributed by atoms with van der Waals surface area (Å²) >= 11 is 0. The van der Waals surface area contributed by atoms with Gasteiger partial charge in [0, 0.05) is 55.0 Å². The molecule has 1 aliphatic heterocycles. The Morgan fingerprint density at radius 1 is 0.361 bits per heavy atom.